The van der Waals surface area contributed by atoms with Crippen LogP contribution in [0.4, 0.5) is 25.1 Å². The third-order valence-electron chi connectivity index (χ3n) is 7.16. The third-order valence-corrected chi connectivity index (χ3v) is 9.70. The minimum atomic E-state index is -3.94. The SMILES string of the molecule is CCNC(=O)Nc1ccc(-c2nc(N3CCOC[C@@H]3C)cc(C3(S(=O)(=O)c4ccc(OC(F)F)cc4)CC3)n2)cc1. The Morgan fingerprint density at radius 3 is 2.46 bits per heavy atom. The first kappa shape index (κ1) is 28.7. The van der Waals surface area contributed by atoms with Crippen LogP contribution in [0.2, 0.25) is 0 Å². The first-order valence-corrected chi connectivity index (χ1v) is 14.8. The molecule has 218 valence electrons. The van der Waals surface area contributed by atoms with Gasteiger partial charge in [0.2, 0.25) is 0 Å². The molecule has 2 N–H and O–H groups in total. The molecule has 0 bridgehead atoms. The average Bonchev–Trinajstić information content (AvgIpc) is 3.77. The second-order valence-corrected chi connectivity index (χ2v) is 12.2. The van der Waals surface area contributed by atoms with Crippen molar-refractivity contribution in [2.75, 3.05) is 36.5 Å². The van der Waals surface area contributed by atoms with Crippen molar-refractivity contribution in [3.05, 3.63) is 60.3 Å². The van der Waals surface area contributed by atoms with E-state index < -0.39 is 21.2 Å². The van der Waals surface area contributed by atoms with Crippen molar-refractivity contribution in [1.29, 1.82) is 0 Å². The zero-order chi connectivity index (χ0) is 29.2. The number of amides is 2. The molecule has 2 heterocycles. The summed E-state index contributed by atoms with van der Waals surface area (Å²) in [6.07, 6.45) is 0.711. The number of carbonyl (C=O) groups is 1. The molecule has 2 fully saturated rings. The fourth-order valence-corrected chi connectivity index (χ4v) is 6.82. The summed E-state index contributed by atoms with van der Waals surface area (Å²) in [5.74, 6) is 0.817. The van der Waals surface area contributed by atoms with E-state index in [9.17, 15) is 22.0 Å². The number of hydrogen-bond donors (Lipinski definition) is 2. The molecule has 0 unspecified atom stereocenters. The van der Waals surface area contributed by atoms with Crippen LogP contribution < -0.4 is 20.3 Å². The minimum absolute atomic E-state index is 0.00106. The minimum Gasteiger partial charge on any atom is -0.435 e. The van der Waals surface area contributed by atoms with Gasteiger partial charge in [-0.05, 0) is 75.2 Å². The summed E-state index contributed by atoms with van der Waals surface area (Å²) < 4.78 is 61.7. The normalized spacial score (nSPS) is 18.2. The highest BCUT2D eigenvalue weighted by Crippen LogP contribution is 2.55. The number of halogens is 2. The highest BCUT2D eigenvalue weighted by molar-refractivity contribution is 7.92. The van der Waals surface area contributed by atoms with E-state index in [2.05, 4.69) is 20.3 Å². The van der Waals surface area contributed by atoms with Crippen LogP contribution in [0.15, 0.2) is 59.5 Å². The molecule has 13 heteroatoms. The predicted molar refractivity (Wildman–Crippen MR) is 149 cm³/mol. The van der Waals surface area contributed by atoms with E-state index in [0.717, 1.165) is 0 Å². The highest BCUT2D eigenvalue weighted by Gasteiger charge is 2.58. The van der Waals surface area contributed by atoms with Gasteiger partial charge in [0, 0.05) is 30.4 Å². The topological polar surface area (TPSA) is 123 Å². The molecule has 1 aliphatic carbocycles. The maximum atomic E-state index is 13.9. The van der Waals surface area contributed by atoms with Gasteiger partial charge in [-0.15, -0.1) is 0 Å². The van der Waals surface area contributed by atoms with Gasteiger partial charge in [0.1, 0.15) is 16.3 Å². The zero-order valence-corrected chi connectivity index (χ0v) is 23.5. The van der Waals surface area contributed by atoms with Crippen LogP contribution in [0.3, 0.4) is 0 Å². The molecule has 2 aromatic carbocycles. The van der Waals surface area contributed by atoms with Gasteiger partial charge in [0.05, 0.1) is 29.8 Å². The van der Waals surface area contributed by atoms with Gasteiger partial charge in [0.15, 0.2) is 15.7 Å². The van der Waals surface area contributed by atoms with Crippen LogP contribution in [-0.2, 0) is 19.3 Å². The number of morpholine rings is 1. The van der Waals surface area contributed by atoms with E-state index in [1.807, 2.05) is 13.8 Å². The molecule has 0 spiro atoms. The smallest absolute Gasteiger partial charge is 0.387 e. The number of aromatic nitrogens is 2. The number of anilines is 2. The molecular formula is C28H31F2N5O5S. The lowest BCUT2D eigenvalue weighted by molar-refractivity contribution is -0.0498. The van der Waals surface area contributed by atoms with Gasteiger partial charge in [-0.1, -0.05) is 0 Å². The zero-order valence-electron chi connectivity index (χ0n) is 22.6. The average molecular weight is 588 g/mol. The Morgan fingerprint density at radius 1 is 1.15 bits per heavy atom. The van der Waals surface area contributed by atoms with E-state index >= 15 is 0 Å². The van der Waals surface area contributed by atoms with Crippen molar-refractivity contribution in [3.63, 3.8) is 0 Å². The van der Waals surface area contributed by atoms with Crippen molar-refractivity contribution in [2.45, 2.75) is 49.0 Å². The largest absolute Gasteiger partial charge is 0.435 e. The van der Waals surface area contributed by atoms with Crippen LogP contribution in [0.5, 0.6) is 5.75 Å². The summed E-state index contributed by atoms with van der Waals surface area (Å²) in [6, 6.07) is 13.4. The van der Waals surface area contributed by atoms with Gasteiger partial charge in [-0.25, -0.2) is 23.2 Å². The molecule has 1 aliphatic heterocycles. The third kappa shape index (κ3) is 5.96. The first-order chi connectivity index (χ1) is 19.6. The number of nitrogens with one attached hydrogen (secondary N) is 2. The van der Waals surface area contributed by atoms with Crippen molar-refractivity contribution in [2.24, 2.45) is 0 Å². The second-order valence-electron chi connectivity index (χ2n) is 9.96. The lowest BCUT2D eigenvalue weighted by atomic mass is 10.1. The number of benzene rings is 2. The molecule has 3 aromatic rings. The van der Waals surface area contributed by atoms with Crippen LogP contribution in [0.25, 0.3) is 11.4 Å². The van der Waals surface area contributed by atoms with Gasteiger partial charge in [-0.2, -0.15) is 8.78 Å². The molecule has 41 heavy (non-hydrogen) atoms. The maximum Gasteiger partial charge on any atom is 0.387 e. The van der Waals surface area contributed by atoms with Crippen molar-refractivity contribution in [1.82, 2.24) is 15.3 Å². The standard InChI is InChI=1S/C28H31F2N5O5S/c1-3-31-27(36)32-20-6-4-19(5-7-20)25-33-23(16-24(34-25)35-14-15-39-17-18(35)2)28(12-13-28)41(37,38)22-10-8-21(9-11-22)40-26(29)30/h4-11,16,18,26H,3,12-15,17H2,1-2H3,(H2,31,32,36)/t18-/m0/s1. The molecule has 2 aliphatic rings. The summed E-state index contributed by atoms with van der Waals surface area (Å²) in [7, 11) is -3.94. The van der Waals surface area contributed by atoms with E-state index in [1.54, 1.807) is 30.3 Å². The summed E-state index contributed by atoms with van der Waals surface area (Å²) >= 11 is 0. The number of sulfone groups is 1. The number of ether oxygens (including phenoxy) is 2. The Morgan fingerprint density at radius 2 is 1.85 bits per heavy atom. The van der Waals surface area contributed by atoms with E-state index in [4.69, 9.17) is 14.7 Å². The van der Waals surface area contributed by atoms with Gasteiger partial charge < -0.3 is 25.0 Å². The Kier molecular flexibility index (Phi) is 8.09. The molecule has 1 saturated carbocycles. The monoisotopic (exact) mass is 587 g/mol. The molecular weight excluding hydrogens is 556 g/mol. The quantitative estimate of drug-likeness (QED) is 0.373. The van der Waals surface area contributed by atoms with Crippen LogP contribution in [-0.4, -0.2) is 63.4 Å². The summed E-state index contributed by atoms with van der Waals surface area (Å²) in [5.41, 5.74) is 1.60. The van der Waals surface area contributed by atoms with E-state index in [-0.39, 0.29) is 22.7 Å². The Labute approximate surface area is 237 Å². The van der Waals surface area contributed by atoms with Gasteiger partial charge >= 0.3 is 12.6 Å². The number of nitrogens with zero attached hydrogens (tertiary/aromatic N) is 3. The Hall–Kier alpha value is -3.84. The molecule has 0 radical (unpaired) electrons. The molecule has 1 aromatic heterocycles. The molecule has 5 rings (SSSR count). The maximum absolute atomic E-state index is 13.9. The number of alkyl halides is 2. The number of carbonyl (C=O) groups excluding carboxylic acids is 1. The summed E-state index contributed by atoms with van der Waals surface area (Å²) in [5, 5.41) is 5.42. The fourth-order valence-electron chi connectivity index (χ4n) is 4.85. The Bertz CT molecular complexity index is 1500. The van der Waals surface area contributed by atoms with Gasteiger partial charge in [0.25, 0.3) is 0 Å². The summed E-state index contributed by atoms with van der Waals surface area (Å²) in [6.45, 7) is 2.91. The van der Waals surface area contributed by atoms with Crippen molar-refractivity contribution < 1.29 is 31.5 Å². The van der Waals surface area contributed by atoms with E-state index in [1.165, 1.54) is 24.3 Å². The lowest BCUT2D eigenvalue weighted by Crippen LogP contribution is -2.44. The van der Waals surface area contributed by atoms with Gasteiger partial charge in [-0.3, -0.25) is 0 Å². The van der Waals surface area contributed by atoms with Crippen LogP contribution >= 0.6 is 0 Å². The second kappa shape index (κ2) is 11.6. The number of rotatable bonds is 9. The fraction of sp³-hybridized carbons (Fsp3) is 0.393. The number of hydrogen-bond acceptors (Lipinski definition) is 8. The molecule has 1 atom stereocenters. The molecule has 10 nitrogen and oxygen atoms in total. The number of urea groups is 1. The van der Waals surface area contributed by atoms with Crippen molar-refractivity contribution >= 4 is 27.4 Å². The Balaban J connectivity index is 1.53. The molecule has 2 amide bonds. The highest BCUT2D eigenvalue weighted by atomic mass is 32.2. The van der Waals surface area contributed by atoms with Crippen LogP contribution in [0.1, 0.15) is 32.4 Å². The van der Waals surface area contributed by atoms with E-state index in [0.29, 0.717) is 67.7 Å². The van der Waals surface area contributed by atoms with Crippen LogP contribution in [0, 0.1) is 0 Å². The molecule has 1 saturated heterocycles. The van der Waals surface area contributed by atoms with Crippen molar-refractivity contribution in [3.8, 4) is 17.1 Å². The summed E-state index contributed by atoms with van der Waals surface area (Å²) in [4.78, 5) is 23.5. The lowest BCUT2D eigenvalue weighted by Gasteiger charge is -2.34. The predicted octanol–water partition coefficient (Wildman–Crippen LogP) is 4.57. The first-order valence-electron chi connectivity index (χ1n) is 13.3.